The standard InChI is InChI=1S/C17H17F2N3O/c1-17(7-3-2-4-13(17)23)16-14(20)15(21-9-22-16)11-8-10(18)5-6-12(11)19/h5-6,8-9H,2-4,7,20H2,1H3. The van der Waals surface area contributed by atoms with Crippen LogP contribution in [0.2, 0.25) is 0 Å². The first-order valence-electron chi connectivity index (χ1n) is 7.53. The zero-order chi connectivity index (χ0) is 16.6. The van der Waals surface area contributed by atoms with Crippen LogP contribution in [0.25, 0.3) is 11.3 Å². The number of carbonyl (C=O) groups is 1. The summed E-state index contributed by atoms with van der Waals surface area (Å²) in [6.45, 7) is 1.80. The number of benzene rings is 1. The van der Waals surface area contributed by atoms with Crippen LogP contribution in [-0.2, 0) is 10.2 Å². The lowest BCUT2D eigenvalue weighted by atomic mass is 9.71. The molecule has 1 aliphatic rings. The van der Waals surface area contributed by atoms with Gasteiger partial charge in [-0.25, -0.2) is 18.7 Å². The fourth-order valence-electron chi connectivity index (χ4n) is 3.16. The number of rotatable bonds is 2. The Bertz CT molecular complexity index is 778. The smallest absolute Gasteiger partial charge is 0.144 e. The van der Waals surface area contributed by atoms with Gasteiger partial charge in [0.25, 0.3) is 0 Å². The normalized spacial score (nSPS) is 21.4. The molecule has 0 saturated heterocycles. The van der Waals surface area contributed by atoms with Gasteiger partial charge in [0.2, 0.25) is 0 Å². The summed E-state index contributed by atoms with van der Waals surface area (Å²) in [5, 5.41) is 0. The minimum absolute atomic E-state index is 0.0296. The molecule has 1 aliphatic carbocycles. The number of nitrogens with zero attached hydrogens (tertiary/aromatic N) is 2. The Morgan fingerprint density at radius 2 is 2.00 bits per heavy atom. The van der Waals surface area contributed by atoms with Crippen LogP contribution < -0.4 is 5.73 Å². The van der Waals surface area contributed by atoms with E-state index in [0.717, 1.165) is 31.0 Å². The van der Waals surface area contributed by atoms with Crippen LogP contribution in [0.1, 0.15) is 38.3 Å². The third-order valence-electron chi connectivity index (χ3n) is 4.54. The van der Waals surface area contributed by atoms with Crippen molar-refractivity contribution in [1.82, 2.24) is 9.97 Å². The van der Waals surface area contributed by atoms with E-state index in [0.29, 0.717) is 18.5 Å². The molecule has 120 valence electrons. The lowest BCUT2D eigenvalue weighted by molar-refractivity contribution is -0.126. The fraction of sp³-hybridized carbons (Fsp3) is 0.353. The van der Waals surface area contributed by atoms with E-state index in [1.807, 2.05) is 0 Å². The van der Waals surface area contributed by atoms with Crippen molar-refractivity contribution in [1.29, 1.82) is 0 Å². The number of ketones is 1. The maximum absolute atomic E-state index is 14.0. The highest BCUT2D eigenvalue weighted by Crippen LogP contribution is 2.40. The van der Waals surface area contributed by atoms with Gasteiger partial charge in [-0.15, -0.1) is 0 Å². The molecular formula is C17H17F2N3O. The molecule has 0 spiro atoms. The van der Waals surface area contributed by atoms with E-state index in [9.17, 15) is 13.6 Å². The highest BCUT2D eigenvalue weighted by Gasteiger charge is 2.40. The summed E-state index contributed by atoms with van der Waals surface area (Å²) >= 11 is 0. The summed E-state index contributed by atoms with van der Waals surface area (Å²) in [6.07, 6.45) is 4.11. The Morgan fingerprint density at radius 3 is 2.74 bits per heavy atom. The molecule has 0 aliphatic heterocycles. The Kier molecular flexibility index (Phi) is 3.83. The number of hydrogen-bond donors (Lipinski definition) is 1. The van der Waals surface area contributed by atoms with E-state index < -0.39 is 17.0 Å². The average Bonchev–Trinajstić information content (AvgIpc) is 2.53. The second-order valence-electron chi connectivity index (χ2n) is 6.07. The van der Waals surface area contributed by atoms with Crippen molar-refractivity contribution in [3.63, 3.8) is 0 Å². The van der Waals surface area contributed by atoms with Crippen molar-refractivity contribution in [2.75, 3.05) is 5.73 Å². The molecule has 1 saturated carbocycles. The first-order chi connectivity index (χ1) is 10.9. The summed E-state index contributed by atoms with van der Waals surface area (Å²) in [6, 6.07) is 3.10. The van der Waals surface area contributed by atoms with Gasteiger partial charge < -0.3 is 5.73 Å². The van der Waals surface area contributed by atoms with Gasteiger partial charge in [-0.05, 0) is 38.0 Å². The van der Waals surface area contributed by atoms with E-state index in [4.69, 9.17) is 5.73 Å². The minimum Gasteiger partial charge on any atom is -0.395 e. The monoisotopic (exact) mass is 317 g/mol. The molecule has 2 N–H and O–H groups in total. The molecule has 1 heterocycles. The largest absolute Gasteiger partial charge is 0.395 e. The summed E-state index contributed by atoms with van der Waals surface area (Å²) < 4.78 is 27.5. The van der Waals surface area contributed by atoms with E-state index in [1.165, 1.54) is 6.33 Å². The first kappa shape index (κ1) is 15.5. The van der Waals surface area contributed by atoms with Gasteiger partial charge in [0, 0.05) is 12.0 Å². The summed E-state index contributed by atoms with van der Waals surface area (Å²) in [5.74, 6) is -1.14. The SMILES string of the molecule is CC1(c2ncnc(-c3cc(F)ccc3F)c2N)CCCCC1=O. The number of nitrogen functional groups attached to an aromatic ring is 1. The van der Waals surface area contributed by atoms with Crippen LogP contribution in [0.3, 0.4) is 0 Å². The second-order valence-corrected chi connectivity index (χ2v) is 6.07. The van der Waals surface area contributed by atoms with Crippen molar-refractivity contribution < 1.29 is 13.6 Å². The van der Waals surface area contributed by atoms with Crippen LogP contribution in [0.4, 0.5) is 14.5 Å². The van der Waals surface area contributed by atoms with Gasteiger partial charge in [0.1, 0.15) is 23.7 Å². The molecule has 1 fully saturated rings. The van der Waals surface area contributed by atoms with Gasteiger partial charge in [-0.3, -0.25) is 4.79 Å². The lowest BCUT2D eigenvalue weighted by Crippen LogP contribution is -2.37. The third kappa shape index (κ3) is 2.58. The molecule has 0 amide bonds. The van der Waals surface area contributed by atoms with Gasteiger partial charge in [-0.1, -0.05) is 6.42 Å². The predicted octanol–water partition coefficient (Wildman–Crippen LogP) is 3.40. The molecule has 6 heteroatoms. The average molecular weight is 317 g/mol. The van der Waals surface area contributed by atoms with E-state index >= 15 is 0 Å². The molecule has 1 unspecified atom stereocenters. The Hall–Kier alpha value is -2.37. The summed E-state index contributed by atoms with van der Waals surface area (Å²) in [7, 11) is 0. The fourth-order valence-corrected chi connectivity index (χ4v) is 3.16. The first-order valence-corrected chi connectivity index (χ1v) is 7.53. The van der Waals surface area contributed by atoms with Crippen LogP contribution >= 0.6 is 0 Å². The number of halogens is 2. The quantitative estimate of drug-likeness (QED) is 0.921. The van der Waals surface area contributed by atoms with Gasteiger partial charge in [0.05, 0.1) is 22.5 Å². The molecule has 3 rings (SSSR count). The zero-order valence-electron chi connectivity index (χ0n) is 12.8. The van der Waals surface area contributed by atoms with Crippen molar-refractivity contribution in [3.05, 3.63) is 41.9 Å². The van der Waals surface area contributed by atoms with E-state index in [-0.39, 0.29) is 22.7 Å². The summed E-state index contributed by atoms with van der Waals surface area (Å²) in [5.41, 5.74) is 5.97. The van der Waals surface area contributed by atoms with Crippen LogP contribution in [0.5, 0.6) is 0 Å². The zero-order valence-corrected chi connectivity index (χ0v) is 12.8. The number of Topliss-reactive ketones (excluding diaryl/α,β-unsaturated/α-hetero) is 1. The number of aromatic nitrogens is 2. The predicted molar refractivity (Wildman–Crippen MR) is 82.6 cm³/mol. The number of hydrogen-bond acceptors (Lipinski definition) is 4. The Morgan fingerprint density at radius 1 is 1.22 bits per heavy atom. The van der Waals surface area contributed by atoms with Crippen molar-refractivity contribution in [2.24, 2.45) is 0 Å². The highest BCUT2D eigenvalue weighted by molar-refractivity contribution is 5.92. The molecule has 1 aromatic carbocycles. The highest BCUT2D eigenvalue weighted by atomic mass is 19.1. The van der Waals surface area contributed by atoms with Gasteiger partial charge in [-0.2, -0.15) is 0 Å². The molecular weight excluding hydrogens is 300 g/mol. The number of nitrogens with two attached hydrogens (primary N) is 1. The lowest BCUT2D eigenvalue weighted by Gasteiger charge is -2.32. The van der Waals surface area contributed by atoms with Crippen LogP contribution in [0, 0.1) is 11.6 Å². The van der Waals surface area contributed by atoms with Crippen molar-refractivity contribution >= 4 is 11.5 Å². The maximum atomic E-state index is 14.0. The van der Waals surface area contributed by atoms with Crippen molar-refractivity contribution in [3.8, 4) is 11.3 Å². The molecule has 1 aromatic heterocycles. The summed E-state index contributed by atoms with van der Waals surface area (Å²) in [4.78, 5) is 20.6. The Labute approximate surface area is 132 Å². The van der Waals surface area contributed by atoms with E-state index in [1.54, 1.807) is 6.92 Å². The van der Waals surface area contributed by atoms with Gasteiger partial charge >= 0.3 is 0 Å². The minimum atomic E-state index is -0.802. The molecule has 1 atom stereocenters. The molecule has 0 bridgehead atoms. The molecule has 0 radical (unpaired) electrons. The topological polar surface area (TPSA) is 68.9 Å². The molecule has 23 heavy (non-hydrogen) atoms. The van der Waals surface area contributed by atoms with E-state index in [2.05, 4.69) is 9.97 Å². The second kappa shape index (κ2) is 5.68. The van der Waals surface area contributed by atoms with Crippen molar-refractivity contribution in [2.45, 2.75) is 38.0 Å². The molecule has 2 aromatic rings. The maximum Gasteiger partial charge on any atom is 0.144 e. The number of carbonyl (C=O) groups excluding carboxylic acids is 1. The van der Waals surface area contributed by atoms with Gasteiger partial charge in [0.15, 0.2) is 0 Å². The number of anilines is 1. The Balaban J connectivity index is 2.16. The molecule has 4 nitrogen and oxygen atoms in total. The van der Waals surface area contributed by atoms with Crippen LogP contribution in [-0.4, -0.2) is 15.8 Å². The van der Waals surface area contributed by atoms with Crippen LogP contribution in [0.15, 0.2) is 24.5 Å². The third-order valence-corrected chi connectivity index (χ3v) is 4.54.